The first-order valence-electron chi connectivity index (χ1n) is 23.1. The predicted octanol–water partition coefficient (Wildman–Crippen LogP) is 8.54. The first-order valence-corrected chi connectivity index (χ1v) is 22.9. The van der Waals surface area contributed by atoms with Gasteiger partial charge in [0.05, 0.1) is 19.2 Å². The number of carboxylic acids is 1. The van der Waals surface area contributed by atoms with Crippen LogP contribution in [-0.4, -0.2) is 59.9 Å². The average Bonchev–Trinajstić information content (AvgIpc) is 3.46. The molecule has 330 valence electrons. The lowest BCUT2D eigenvalue weighted by atomic mass is 9.33. The fourth-order valence-electron chi connectivity index (χ4n) is 14.7. The number of allylic oxidation sites excluding steroid dienone is 2. The molecule has 1 aromatic carbocycles. The fourth-order valence-corrected chi connectivity index (χ4v) is 14.8. The van der Waals surface area contributed by atoms with Crippen molar-refractivity contribution in [2.24, 2.45) is 73.7 Å². The second kappa shape index (κ2) is 15.5. The highest BCUT2D eigenvalue weighted by molar-refractivity contribution is 6.30. The number of amides is 2. The summed E-state index contributed by atoms with van der Waals surface area (Å²) in [6.07, 6.45) is 7.76. The molecule has 11 atom stereocenters. The Hall–Kier alpha value is -3.24. The molecule has 5 fully saturated rings. The predicted molar refractivity (Wildman–Crippen MR) is 232 cm³/mol. The van der Waals surface area contributed by atoms with Crippen LogP contribution < -0.4 is 16.4 Å². The molecule has 1 unspecified atom stereocenters. The largest absolute Gasteiger partial charge is 0.481 e. The summed E-state index contributed by atoms with van der Waals surface area (Å²) in [7, 11) is 0. The van der Waals surface area contributed by atoms with Crippen molar-refractivity contribution in [1.29, 1.82) is 0 Å². The number of nitrogens with one attached hydrogen (secondary N) is 2. The minimum atomic E-state index is -1.64. The number of aliphatic carboxylic acids is 1. The first kappa shape index (κ1) is 43.4. The molecule has 5 N–H and O–H groups in total. The smallest absolute Gasteiger partial charge is 0.309 e. The Morgan fingerprint density at radius 3 is 2.20 bits per heavy atom. The van der Waals surface area contributed by atoms with Crippen LogP contribution >= 0.6 is 11.6 Å². The minimum absolute atomic E-state index is 0.00929. The number of ketones is 1. The molecule has 0 radical (unpaired) electrons. The van der Waals surface area contributed by atoms with Gasteiger partial charge in [-0.05, 0) is 133 Å². The zero-order chi connectivity index (χ0) is 44.9. The quantitative estimate of drug-likeness (QED) is 0.161. The molecule has 7 rings (SSSR count). The van der Waals surface area contributed by atoms with E-state index in [1.807, 2.05) is 13.8 Å². The lowest BCUT2D eigenvalue weighted by Crippen LogP contribution is -2.66. The van der Waals surface area contributed by atoms with Gasteiger partial charge in [0.15, 0.2) is 5.78 Å². The van der Waals surface area contributed by atoms with Crippen molar-refractivity contribution in [3.05, 3.63) is 46.0 Å². The third kappa shape index (κ3) is 6.96. The summed E-state index contributed by atoms with van der Waals surface area (Å²) in [6, 6.07) is 4.79. The number of hydrogen-bond donors (Lipinski definition) is 4. The second-order valence-corrected chi connectivity index (χ2v) is 22.4. The summed E-state index contributed by atoms with van der Waals surface area (Å²) in [5.74, 6) is -1.76. The van der Waals surface area contributed by atoms with Crippen molar-refractivity contribution in [2.45, 2.75) is 145 Å². The van der Waals surface area contributed by atoms with Gasteiger partial charge in [-0.3, -0.25) is 24.0 Å². The van der Waals surface area contributed by atoms with Gasteiger partial charge in [0.2, 0.25) is 5.91 Å². The van der Waals surface area contributed by atoms with Crippen LogP contribution in [0.1, 0.15) is 145 Å². The normalized spacial score (nSPS) is 38.8. The van der Waals surface area contributed by atoms with Crippen molar-refractivity contribution >= 4 is 41.1 Å². The number of halogens is 1. The Kier molecular flexibility index (Phi) is 11.2. The molecule has 0 saturated heterocycles. The Labute approximate surface area is 363 Å². The summed E-state index contributed by atoms with van der Waals surface area (Å²) in [5, 5.41) is 15.8. The van der Waals surface area contributed by atoms with Gasteiger partial charge in [0.1, 0.15) is 6.10 Å². The molecule has 5 saturated carbocycles. The van der Waals surface area contributed by atoms with Crippen molar-refractivity contribution in [3.63, 3.8) is 0 Å². The van der Waals surface area contributed by atoms with E-state index in [2.05, 4.69) is 59.1 Å². The molecule has 6 aliphatic rings. The molecule has 6 aliphatic carbocycles. The van der Waals surface area contributed by atoms with E-state index in [0.29, 0.717) is 41.7 Å². The zero-order valence-corrected chi connectivity index (χ0v) is 38.2. The van der Waals surface area contributed by atoms with E-state index in [9.17, 15) is 29.1 Å². The number of nitrogens with two attached hydrogens (primary N) is 1. The highest BCUT2D eigenvalue weighted by Crippen LogP contribution is 2.77. The highest BCUT2D eigenvalue weighted by Gasteiger charge is 2.70. The van der Waals surface area contributed by atoms with Crippen LogP contribution in [0.2, 0.25) is 5.02 Å². The molecule has 60 heavy (non-hydrogen) atoms. The summed E-state index contributed by atoms with van der Waals surface area (Å²) >= 11 is 5.99. The summed E-state index contributed by atoms with van der Waals surface area (Å²) in [4.78, 5) is 66.7. The summed E-state index contributed by atoms with van der Waals surface area (Å²) < 4.78 is 15.5. The number of benzene rings is 1. The maximum Gasteiger partial charge on any atom is 0.309 e. The van der Waals surface area contributed by atoms with E-state index in [4.69, 9.17) is 23.4 Å². The maximum absolute atomic E-state index is 14.2. The van der Waals surface area contributed by atoms with E-state index >= 15 is 0 Å². The van der Waals surface area contributed by atoms with E-state index in [1.54, 1.807) is 24.3 Å². The van der Waals surface area contributed by atoms with Crippen molar-refractivity contribution in [1.82, 2.24) is 10.6 Å². The van der Waals surface area contributed by atoms with Crippen molar-refractivity contribution in [3.8, 4) is 0 Å². The van der Waals surface area contributed by atoms with E-state index in [1.165, 1.54) is 5.57 Å². The number of carbonyl (C=O) groups is 5. The molecular formula is C49H70ClN3O7. The van der Waals surface area contributed by atoms with Gasteiger partial charge < -0.3 is 26.2 Å². The average molecular weight is 850 g/mol. The van der Waals surface area contributed by atoms with E-state index in [0.717, 1.165) is 50.5 Å². The Morgan fingerprint density at radius 2 is 1.58 bits per heavy atom. The number of fused-ring (bicyclic) bond motifs is 7. The molecule has 0 aliphatic heterocycles. The zero-order valence-electron chi connectivity index (χ0n) is 38.4. The second-order valence-electron chi connectivity index (χ2n) is 22.0. The van der Waals surface area contributed by atoms with Gasteiger partial charge in [-0.15, -0.1) is 0 Å². The third-order valence-electron chi connectivity index (χ3n) is 18.3. The molecule has 0 bridgehead atoms. The van der Waals surface area contributed by atoms with Crippen molar-refractivity contribution in [2.75, 3.05) is 13.1 Å². The maximum atomic E-state index is 14.2. The summed E-state index contributed by atoms with van der Waals surface area (Å²) in [5.41, 5.74) is 6.86. The van der Waals surface area contributed by atoms with Gasteiger partial charge in [-0.2, -0.15) is 0 Å². The number of rotatable bonds is 11. The molecule has 11 heteroatoms. The topological polar surface area (TPSA) is 165 Å². The number of Topliss-reactive ketones (excluding diaryl/α,β-unsaturated/α-hetero) is 1. The molecular weight excluding hydrogens is 778 g/mol. The molecule has 0 heterocycles. The van der Waals surface area contributed by atoms with Gasteiger partial charge in [-0.25, -0.2) is 0 Å². The number of carboxylic acid groups (broad SMARTS) is 1. The number of esters is 1. The third-order valence-corrected chi connectivity index (χ3v) is 18.5. The Morgan fingerprint density at radius 1 is 0.900 bits per heavy atom. The molecule has 0 aromatic heterocycles. The number of ether oxygens (including phenoxy) is 1. The number of carbonyl (C=O) groups excluding carboxylic acids is 4. The Bertz CT molecular complexity index is 2020. The van der Waals surface area contributed by atoms with Crippen LogP contribution in [0.25, 0.3) is 0 Å². The van der Waals surface area contributed by atoms with Crippen LogP contribution in [0.4, 0.5) is 0 Å². The van der Waals surface area contributed by atoms with E-state index < -0.39 is 40.6 Å². The Balaban J connectivity index is 1.10. The molecule has 0 spiro atoms. The van der Waals surface area contributed by atoms with Gasteiger partial charge >= 0.3 is 11.9 Å². The van der Waals surface area contributed by atoms with Crippen LogP contribution in [-0.2, 0) is 23.9 Å². The van der Waals surface area contributed by atoms with Gasteiger partial charge in [-0.1, -0.05) is 79.5 Å². The van der Waals surface area contributed by atoms with Crippen LogP contribution in [0, 0.1) is 68.0 Å². The minimum Gasteiger partial charge on any atom is -0.481 e. The number of hydrogen-bond acceptors (Lipinski definition) is 7. The van der Waals surface area contributed by atoms with Crippen molar-refractivity contribution < 1.29 is 35.2 Å². The fraction of sp³-hybridized carbons (Fsp3) is 0.735. The van der Waals surface area contributed by atoms with Crippen LogP contribution in [0.3, 0.4) is 0 Å². The SMILES string of the molecule is [2H]C(CN)(CNC(=O)c1ccc(Cl)cc1)NC(=O)C[C@@]12CC[C@]3(C)[C@H](CC[C@@H]4[C@@]5(C)CC[C@H](OC(=O)[C@H]6C[C@@H](C(=O)O)C6(C)C)C(C)(C)[C@@H]5CC[C@]43C)C1=C(C(C)C)C(=O)C2. The van der Waals surface area contributed by atoms with E-state index in [-0.39, 0.29) is 76.8 Å². The lowest BCUT2D eigenvalue weighted by Gasteiger charge is -2.72. The van der Waals surface area contributed by atoms with Crippen LogP contribution in [0.5, 0.6) is 0 Å². The standard InChI is InChI=1S/C49H70ClN3O7/c1-27(2)39-34(54)23-49(24-38(55)53-30(25-51)26-52-41(56)28-10-12-29(50)13-11-28)21-20-47(8)31(40(39)49)14-15-36-46(7)18-17-37(45(5,6)35(46)16-19-48(36,47)9)60-43(59)33-22-32(42(57)58)44(33,3)4/h10-13,27,30-33,35-37H,14-26,51H2,1-9H3,(H,52,56)(H,53,55)(H,57,58)/t30?,31-,32+,33-,35+,36-,37+,46+,47-,48-,49+/m1/s1/i30D. The van der Waals surface area contributed by atoms with Crippen LogP contribution in [0.15, 0.2) is 35.4 Å². The molecule has 1 aromatic rings. The first-order chi connectivity index (χ1) is 28.3. The lowest BCUT2D eigenvalue weighted by molar-refractivity contribution is -0.236. The summed E-state index contributed by atoms with van der Waals surface area (Å²) in [6.45, 7) is 19.6. The highest BCUT2D eigenvalue weighted by atomic mass is 35.5. The molecule has 2 amide bonds. The monoisotopic (exact) mass is 848 g/mol. The van der Waals surface area contributed by atoms with Gasteiger partial charge in [0.25, 0.3) is 5.91 Å². The molecule has 10 nitrogen and oxygen atoms in total. The van der Waals surface area contributed by atoms with Gasteiger partial charge in [0, 0.05) is 47.3 Å².